The van der Waals surface area contributed by atoms with Crippen molar-refractivity contribution in [3.63, 3.8) is 0 Å². The number of halogens is 2. The second-order valence-electron chi connectivity index (χ2n) is 3.37. The van der Waals surface area contributed by atoms with Gasteiger partial charge in [0.2, 0.25) is 0 Å². The third kappa shape index (κ3) is 3.21. The van der Waals surface area contributed by atoms with Crippen LogP contribution in [0.4, 0.5) is 0 Å². The highest BCUT2D eigenvalue weighted by atomic mass is 35.5. The molecular formula is C11H14Cl2. The van der Waals surface area contributed by atoms with Crippen molar-refractivity contribution in [1.29, 1.82) is 0 Å². The molecule has 0 aliphatic rings. The maximum absolute atomic E-state index is 5.83. The van der Waals surface area contributed by atoms with Gasteiger partial charge in [0.15, 0.2) is 0 Å². The molecule has 0 heterocycles. The van der Waals surface area contributed by atoms with Crippen molar-refractivity contribution in [3.05, 3.63) is 35.4 Å². The highest BCUT2D eigenvalue weighted by Crippen LogP contribution is 2.16. The third-order valence-corrected chi connectivity index (χ3v) is 2.91. The van der Waals surface area contributed by atoms with Crippen molar-refractivity contribution in [3.8, 4) is 0 Å². The molecule has 0 amide bonds. The highest BCUT2D eigenvalue weighted by Gasteiger charge is 2.05. The van der Waals surface area contributed by atoms with Crippen LogP contribution < -0.4 is 0 Å². The van der Waals surface area contributed by atoms with Crippen LogP contribution in [0.3, 0.4) is 0 Å². The quantitative estimate of drug-likeness (QED) is 0.672. The zero-order chi connectivity index (χ0) is 9.68. The SMILES string of the molecule is CC(CCl)Cc1ccccc1CCl. The maximum Gasteiger partial charge on any atom is 0.0476 e. The van der Waals surface area contributed by atoms with Crippen LogP contribution >= 0.6 is 23.2 Å². The van der Waals surface area contributed by atoms with Crippen molar-refractivity contribution >= 4 is 23.2 Å². The molecule has 1 atom stereocenters. The summed E-state index contributed by atoms with van der Waals surface area (Å²) in [7, 11) is 0. The van der Waals surface area contributed by atoms with Crippen LogP contribution in [0.15, 0.2) is 24.3 Å². The van der Waals surface area contributed by atoms with Crippen molar-refractivity contribution < 1.29 is 0 Å². The predicted octanol–water partition coefficient (Wildman–Crippen LogP) is 3.84. The Labute approximate surface area is 89.9 Å². The summed E-state index contributed by atoms with van der Waals surface area (Å²) in [6, 6.07) is 8.27. The average molecular weight is 217 g/mol. The molecule has 1 unspecified atom stereocenters. The number of benzene rings is 1. The van der Waals surface area contributed by atoms with Gasteiger partial charge in [-0.15, -0.1) is 23.2 Å². The number of hydrogen-bond acceptors (Lipinski definition) is 0. The molecule has 72 valence electrons. The molecule has 0 aromatic heterocycles. The summed E-state index contributed by atoms with van der Waals surface area (Å²) in [5, 5.41) is 0. The summed E-state index contributed by atoms with van der Waals surface area (Å²) in [4.78, 5) is 0. The molecule has 0 nitrogen and oxygen atoms in total. The van der Waals surface area contributed by atoms with E-state index in [-0.39, 0.29) is 0 Å². The molecule has 0 aliphatic heterocycles. The number of alkyl halides is 2. The summed E-state index contributed by atoms with van der Waals surface area (Å²) < 4.78 is 0. The van der Waals surface area contributed by atoms with Crippen LogP contribution in [0.25, 0.3) is 0 Å². The predicted molar refractivity (Wildman–Crippen MR) is 59.6 cm³/mol. The fourth-order valence-corrected chi connectivity index (χ4v) is 1.69. The first kappa shape index (κ1) is 10.9. The molecule has 0 aliphatic carbocycles. The zero-order valence-corrected chi connectivity index (χ0v) is 9.28. The summed E-state index contributed by atoms with van der Waals surface area (Å²) >= 11 is 11.6. The Bertz CT molecular complexity index is 258. The largest absolute Gasteiger partial charge is 0.126 e. The average Bonchev–Trinajstić information content (AvgIpc) is 2.18. The first-order valence-corrected chi connectivity index (χ1v) is 5.53. The molecular weight excluding hydrogens is 203 g/mol. The Balaban J connectivity index is 2.74. The Hall–Kier alpha value is -0.200. The molecule has 1 aromatic carbocycles. The van der Waals surface area contributed by atoms with Crippen LogP contribution in [0.5, 0.6) is 0 Å². The summed E-state index contributed by atoms with van der Waals surface area (Å²) in [6.07, 6.45) is 1.02. The van der Waals surface area contributed by atoms with E-state index in [1.165, 1.54) is 11.1 Å². The van der Waals surface area contributed by atoms with Crippen LogP contribution in [0.1, 0.15) is 18.1 Å². The van der Waals surface area contributed by atoms with Crippen molar-refractivity contribution in [1.82, 2.24) is 0 Å². The fourth-order valence-electron chi connectivity index (χ4n) is 1.32. The van der Waals surface area contributed by atoms with Crippen LogP contribution in [0, 0.1) is 5.92 Å². The molecule has 0 bridgehead atoms. The Morgan fingerprint density at radius 1 is 1.15 bits per heavy atom. The van der Waals surface area contributed by atoms with E-state index in [9.17, 15) is 0 Å². The lowest BCUT2D eigenvalue weighted by molar-refractivity contribution is 0.652. The zero-order valence-electron chi connectivity index (χ0n) is 7.76. The smallest absolute Gasteiger partial charge is 0.0476 e. The molecule has 1 aromatic rings. The first-order valence-electron chi connectivity index (χ1n) is 4.46. The Morgan fingerprint density at radius 2 is 1.77 bits per heavy atom. The molecule has 0 N–H and O–H groups in total. The molecule has 0 spiro atoms. The lowest BCUT2D eigenvalue weighted by atomic mass is 9.99. The molecule has 0 radical (unpaired) electrons. The van der Waals surface area contributed by atoms with E-state index in [0.717, 1.165) is 6.42 Å². The Kier molecular flexibility index (Phi) is 4.61. The van der Waals surface area contributed by atoms with Gasteiger partial charge in [-0.05, 0) is 23.5 Å². The van der Waals surface area contributed by atoms with Gasteiger partial charge in [0.05, 0.1) is 0 Å². The van der Waals surface area contributed by atoms with Gasteiger partial charge in [0.1, 0.15) is 0 Å². The van der Waals surface area contributed by atoms with Gasteiger partial charge >= 0.3 is 0 Å². The van der Waals surface area contributed by atoms with Gasteiger partial charge < -0.3 is 0 Å². The van der Waals surface area contributed by atoms with Crippen LogP contribution in [-0.2, 0) is 12.3 Å². The normalized spacial score (nSPS) is 12.8. The monoisotopic (exact) mass is 216 g/mol. The van der Waals surface area contributed by atoms with E-state index < -0.39 is 0 Å². The summed E-state index contributed by atoms with van der Waals surface area (Å²) in [5.41, 5.74) is 2.55. The van der Waals surface area contributed by atoms with E-state index in [1.54, 1.807) is 0 Å². The first-order chi connectivity index (χ1) is 6.27. The van der Waals surface area contributed by atoms with E-state index >= 15 is 0 Å². The number of rotatable bonds is 4. The second kappa shape index (κ2) is 5.51. The van der Waals surface area contributed by atoms with Gasteiger partial charge in [0, 0.05) is 11.8 Å². The van der Waals surface area contributed by atoms with Crippen molar-refractivity contribution in [2.24, 2.45) is 5.92 Å². The lowest BCUT2D eigenvalue weighted by Gasteiger charge is -2.10. The van der Waals surface area contributed by atoms with Crippen molar-refractivity contribution in [2.75, 3.05) is 5.88 Å². The van der Waals surface area contributed by atoms with Gasteiger partial charge in [-0.3, -0.25) is 0 Å². The molecule has 0 saturated carbocycles. The topological polar surface area (TPSA) is 0 Å². The number of hydrogen-bond donors (Lipinski definition) is 0. The molecule has 0 saturated heterocycles. The van der Waals surface area contributed by atoms with E-state index in [0.29, 0.717) is 17.7 Å². The van der Waals surface area contributed by atoms with Gasteiger partial charge in [0.25, 0.3) is 0 Å². The minimum absolute atomic E-state index is 0.519. The summed E-state index contributed by atoms with van der Waals surface area (Å²) in [5.74, 6) is 1.81. The maximum atomic E-state index is 5.83. The van der Waals surface area contributed by atoms with Gasteiger partial charge in [-0.1, -0.05) is 31.2 Å². The van der Waals surface area contributed by atoms with Crippen LogP contribution in [0.2, 0.25) is 0 Å². The fraction of sp³-hybridized carbons (Fsp3) is 0.455. The minimum Gasteiger partial charge on any atom is -0.126 e. The van der Waals surface area contributed by atoms with E-state index in [2.05, 4.69) is 19.1 Å². The molecule has 0 fully saturated rings. The third-order valence-electron chi connectivity index (χ3n) is 2.09. The summed E-state index contributed by atoms with van der Waals surface area (Å²) in [6.45, 7) is 2.15. The molecule has 13 heavy (non-hydrogen) atoms. The van der Waals surface area contributed by atoms with Crippen LogP contribution in [-0.4, -0.2) is 5.88 Å². The minimum atomic E-state index is 0.519. The van der Waals surface area contributed by atoms with Gasteiger partial charge in [-0.25, -0.2) is 0 Å². The van der Waals surface area contributed by atoms with Crippen molar-refractivity contribution in [2.45, 2.75) is 19.2 Å². The van der Waals surface area contributed by atoms with Gasteiger partial charge in [-0.2, -0.15) is 0 Å². The van der Waals surface area contributed by atoms with E-state index in [4.69, 9.17) is 23.2 Å². The lowest BCUT2D eigenvalue weighted by Crippen LogP contribution is -2.03. The second-order valence-corrected chi connectivity index (χ2v) is 3.94. The Morgan fingerprint density at radius 3 is 2.31 bits per heavy atom. The standard InChI is InChI=1S/C11H14Cl2/c1-9(7-12)6-10-4-2-3-5-11(10)8-13/h2-5,9H,6-8H2,1H3. The van der Waals surface area contributed by atoms with E-state index in [1.807, 2.05) is 12.1 Å². The molecule has 2 heteroatoms. The highest BCUT2D eigenvalue weighted by molar-refractivity contribution is 6.18. The molecule has 1 rings (SSSR count).